The SMILES string of the molecule is COC(=O)CC1(C(C)N)CCc2cc(Br)ccc2C1. The smallest absolute Gasteiger partial charge is 0.306 e. The number of hydrogen-bond acceptors (Lipinski definition) is 3. The molecule has 2 rings (SSSR count). The number of hydrogen-bond donors (Lipinski definition) is 1. The summed E-state index contributed by atoms with van der Waals surface area (Å²) in [6, 6.07) is 6.32. The molecule has 0 saturated heterocycles. The Labute approximate surface area is 122 Å². The molecule has 1 aromatic rings. The number of esters is 1. The first-order valence-electron chi connectivity index (χ1n) is 6.56. The molecule has 4 heteroatoms. The van der Waals surface area contributed by atoms with Gasteiger partial charge in [-0.3, -0.25) is 4.79 Å². The lowest BCUT2D eigenvalue weighted by Crippen LogP contribution is -2.45. The second-order valence-electron chi connectivity index (χ2n) is 5.49. The number of carbonyl (C=O) groups excluding carboxylic acids is 1. The predicted octanol–water partition coefficient (Wildman–Crippen LogP) is 2.83. The number of carbonyl (C=O) groups is 1. The number of halogens is 1. The highest BCUT2D eigenvalue weighted by atomic mass is 79.9. The molecule has 0 saturated carbocycles. The standard InChI is InChI=1S/C15H20BrNO2/c1-10(17)15(9-14(18)19-2)6-5-11-7-13(16)4-3-12(11)8-15/h3-4,7,10H,5-6,8-9,17H2,1-2H3. The fraction of sp³-hybridized carbons (Fsp3) is 0.533. The molecule has 2 atom stereocenters. The maximum atomic E-state index is 11.7. The van der Waals surface area contributed by atoms with E-state index in [9.17, 15) is 4.79 Å². The van der Waals surface area contributed by atoms with Crippen molar-refractivity contribution in [2.75, 3.05) is 7.11 Å². The van der Waals surface area contributed by atoms with Crippen molar-refractivity contribution in [2.24, 2.45) is 11.1 Å². The summed E-state index contributed by atoms with van der Waals surface area (Å²) < 4.78 is 5.94. The van der Waals surface area contributed by atoms with E-state index < -0.39 is 0 Å². The number of ether oxygens (including phenoxy) is 1. The number of aryl methyl sites for hydroxylation is 1. The lowest BCUT2D eigenvalue weighted by atomic mass is 9.66. The predicted molar refractivity (Wildman–Crippen MR) is 78.9 cm³/mol. The quantitative estimate of drug-likeness (QED) is 0.869. The molecule has 0 heterocycles. The van der Waals surface area contributed by atoms with E-state index in [0.717, 1.165) is 23.7 Å². The molecule has 1 aliphatic carbocycles. The highest BCUT2D eigenvalue weighted by Crippen LogP contribution is 2.41. The van der Waals surface area contributed by atoms with Crippen LogP contribution in [-0.4, -0.2) is 19.1 Å². The van der Waals surface area contributed by atoms with Gasteiger partial charge in [0.05, 0.1) is 13.5 Å². The number of nitrogens with two attached hydrogens (primary N) is 1. The monoisotopic (exact) mass is 325 g/mol. The van der Waals surface area contributed by atoms with E-state index in [1.807, 2.05) is 13.0 Å². The van der Waals surface area contributed by atoms with Crippen LogP contribution < -0.4 is 5.73 Å². The summed E-state index contributed by atoms with van der Waals surface area (Å²) in [5, 5.41) is 0. The zero-order valence-electron chi connectivity index (χ0n) is 11.4. The van der Waals surface area contributed by atoms with E-state index in [-0.39, 0.29) is 17.4 Å². The Balaban J connectivity index is 2.29. The molecule has 1 aromatic carbocycles. The van der Waals surface area contributed by atoms with E-state index in [0.29, 0.717) is 6.42 Å². The first kappa shape index (κ1) is 14.5. The molecule has 0 bridgehead atoms. The van der Waals surface area contributed by atoms with Gasteiger partial charge in [0.2, 0.25) is 0 Å². The molecule has 1 aliphatic rings. The third-order valence-electron chi connectivity index (χ3n) is 4.29. The molecule has 2 N–H and O–H groups in total. The van der Waals surface area contributed by atoms with Gasteiger partial charge >= 0.3 is 5.97 Å². The van der Waals surface area contributed by atoms with E-state index in [1.165, 1.54) is 18.2 Å². The lowest BCUT2D eigenvalue weighted by Gasteiger charge is -2.40. The van der Waals surface area contributed by atoms with Gasteiger partial charge in [-0.1, -0.05) is 22.0 Å². The van der Waals surface area contributed by atoms with Gasteiger partial charge in [-0.05, 0) is 54.9 Å². The van der Waals surface area contributed by atoms with E-state index >= 15 is 0 Å². The van der Waals surface area contributed by atoms with Crippen molar-refractivity contribution in [1.29, 1.82) is 0 Å². The second kappa shape index (κ2) is 5.63. The first-order chi connectivity index (χ1) is 8.97. The largest absolute Gasteiger partial charge is 0.469 e. The van der Waals surface area contributed by atoms with Crippen molar-refractivity contribution in [1.82, 2.24) is 0 Å². The van der Waals surface area contributed by atoms with Crippen LogP contribution >= 0.6 is 15.9 Å². The number of fused-ring (bicyclic) bond motifs is 1. The van der Waals surface area contributed by atoms with E-state index in [2.05, 4.69) is 28.1 Å². The Hall–Kier alpha value is -0.870. The van der Waals surface area contributed by atoms with Crippen molar-refractivity contribution in [3.63, 3.8) is 0 Å². The van der Waals surface area contributed by atoms with Crippen LogP contribution in [0.2, 0.25) is 0 Å². The average Bonchev–Trinajstić information content (AvgIpc) is 2.38. The second-order valence-corrected chi connectivity index (χ2v) is 6.41. The van der Waals surface area contributed by atoms with Crippen LogP contribution in [0.1, 0.15) is 30.9 Å². The lowest BCUT2D eigenvalue weighted by molar-refractivity contribution is -0.144. The summed E-state index contributed by atoms with van der Waals surface area (Å²) in [6.45, 7) is 1.99. The topological polar surface area (TPSA) is 52.3 Å². The van der Waals surface area contributed by atoms with Gasteiger partial charge in [0.1, 0.15) is 0 Å². The van der Waals surface area contributed by atoms with Gasteiger partial charge in [0.25, 0.3) is 0 Å². The van der Waals surface area contributed by atoms with Gasteiger partial charge < -0.3 is 10.5 Å². The van der Waals surface area contributed by atoms with E-state index in [4.69, 9.17) is 10.5 Å². The number of rotatable bonds is 3. The minimum atomic E-state index is -0.173. The normalized spacial score (nSPS) is 23.6. The summed E-state index contributed by atoms with van der Waals surface area (Å²) >= 11 is 3.50. The van der Waals surface area contributed by atoms with Crippen molar-refractivity contribution < 1.29 is 9.53 Å². The van der Waals surface area contributed by atoms with Crippen LogP contribution in [0.25, 0.3) is 0 Å². The van der Waals surface area contributed by atoms with Crippen molar-refractivity contribution in [2.45, 2.75) is 38.6 Å². The molecule has 0 radical (unpaired) electrons. The molecule has 0 fully saturated rings. The fourth-order valence-electron chi connectivity index (χ4n) is 2.91. The van der Waals surface area contributed by atoms with Crippen molar-refractivity contribution in [3.05, 3.63) is 33.8 Å². The molecular weight excluding hydrogens is 306 g/mol. The van der Waals surface area contributed by atoms with Gasteiger partial charge in [-0.15, -0.1) is 0 Å². The minimum absolute atomic E-state index is 0.0246. The van der Waals surface area contributed by atoms with Gasteiger partial charge in [0, 0.05) is 10.5 Å². The maximum Gasteiger partial charge on any atom is 0.306 e. The number of benzene rings is 1. The summed E-state index contributed by atoms with van der Waals surface area (Å²) in [7, 11) is 1.44. The molecule has 0 aromatic heterocycles. The summed E-state index contributed by atoms with van der Waals surface area (Å²) in [5.74, 6) is -0.169. The van der Waals surface area contributed by atoms with Crippen LogP contribution in [0.15, 0.2) is 22.7 Å². The molecule has 104 valence electrons. The fourth-order valence-corrected chi connectivity index (χ4v) is 3.32. The third kappa shape index (κ3) is 3.00. The van der Waals surface area contributed by atoms with Crippen molar-refractivity contribution in [3.8, 4) is 0 Å². The van der Waals surface area contributed by atoms with Crippen LogP contribution in [0, 0.1) is 5.41 Å². The van der Waals surface area contributed by atoms with Crippen LogP contribution in [-0.2, 0) is 22.4 Å². The minimum Gasteiger partial charge on any atom is -0.469 e. The molecule has 2 unspecified atom stereocenters. The Morgan fingerprint density at radius 2 is 2.26 bits per heavy atom. The number of methoxy groups -OCH3 is 1. The molecular formula is C15H20BrNO2. The van der Waals surface area contributed by atoms with Crippen LogP contribution in [0.5, 0.6) is 0 Å². The molecule has 3 nitrogen and oxygen atoms in total. The van der Waals surface area contributed by atoms with Gasteiger partial charge in [-0.25, -0.2) is 0 Å². The van der Waals surface area contributed by atoms with Gasteiger partial charge in [0.15, 0.2) is 0 Å². The molecule has 0 amide bonds. The molecule has 0 aliphatic heterocycles. The Morgan fingerprint density at radius 1 is 1.53 bits per heavy atom. The Kier molecular flexibility index (Phi) is 4.31. The summed E-state index contributed by atoms with van der Waals surface area (Å²) in [4.78, 5) is 11.7. The molecule has 19 heavy (non-hydrogen) atoms. The Morgan fingerprint density at radius 3 is 2.89 bits per heavy atom. The van der Waals surface area contributed by atoms with Crippen molar-refractivity contribution >= 4 is 21.9 Å². The summed E-state index contributed by atoms with van der Waals surface area (Å²) in [6.07, 6.45) is 3.15. The Bertz CT molecular complexity index is 487. The van der Waals surface area contributed by atoms with E-state index in [1.54, 1.807) is 0 Å². The zero-order chi connectivity index (χ0) is 14.0. The molecule has 0 spiro atoms. The van der Waals surface area contributed by atoms with Crippen LogP contribution in [0.3, 0.4) is 0 Å². The maximum absolute atomic E-state index is 11.7. The highest BCUT2D eigenvalue weighted by molar-refractivity contribution is 9.10. The van der Waals surface area contributed by atoms with Gasteiger partial charge in [-0.2, -0.15) is 0 Å². The first-order valence-corrected chi connectivity index (χ1v) is 7.36. The zero-order valence-corrected chi connectivity index (χ0v) is 13.0. The van der Waals surface area contributed by atoms with Crippen LogP contribution in [0.4, 0.5) is 0 Å². The third-order valence-corrected chi connectivity index (χ3v) is 4.79. The summed E-state index contributed by atoms with van der Waals surface area (Å²) in [5.41, 5.74) is 8.66. The highest BCUT2D eigenvalue weighted by Gasteiger charge is 2.39. The average molecular weight is 326 g/mol.